The van der Waals surface area contributed by atoms with Crippen molar-refractivity contribution >= 4 is 27.9 Å². The van der Waals surface area contributed by atoms with E-state index < -0.39 is 17.0 Å². The molecule has 0 aliphatic carbocycles. The smallest absolute Gasteiger partial charge is 0.331 e. The van der Waals surface area contributed by atoms with Gasteiger partial charge in [-0.15, -0.1) is 0 Å². The monoisotopic (exact) mass is 236 g/mol. The fourth-order valence-corrected chi connectivity index (χ4v) is 0.707. The Morgan fingerprint density at radius 1 is 1.67 bits per heavy atom. The van der Waals surface area contributed by atoms with Gasteiger partial charge in [0.2, 0.25) is 0 Å². The van der Waals surface area contributed by atoms with E-state index in [0.29, 0.717) is 0 Å². The van der Waals surface area contributed by atoms with Crippen molar-refractivity contribution in [1.29, 1.82) is 0 Å². The molecule has 0 N–H and O–H groups in total. The molecule has 0 aliphatic rings. The van der Waals surface area contributed by atoms with Gasteiger partial charge in [0.05, 0.1) is 0 Å². The molecule has 1 atom stereocenters. The third-order valence-electron chi connectivity index (χ3n) is 0.828. The predicted octanol–water partition coefficient (Wildman–Crippen LogP) is 1.000. The zero-order chi connectivity index (χ0) is 9.56. The van der Waals surface area contributed by atoms with Crippen molar-refractivity contribution in [2.45, 2.75) is 11.9 Å². The minimum absolute atomic E-state index is 0.00505. The molecule has 0 aromatic carbocycles. The molecule has 4 nitrogen and oxygen atoms in total. The highest BCUT2D eigenvalue weighted by atomic mass is 79.9. The lowest BCUT2D eigenvalue weighted by atomic mass is 10.6. The molecule has 0 amide bonds. The van der Waals surface area contributed by atoms with Crippen LogP contribution in [-0.4, -0.2) is 23.6 Å². The number of carbonyl (C=O) groups excluding carboxylic acids is 2. The highest BCUT2D eigenvalue weighted by Gasteiger charge is 2.09. The number of halogens is 1. The first-order valence-corrected chi connectivity index (χ1v) is 4.08. The van der Waals surface area contributed by atoms with Gasteiger partial charge in [0.15, 0.2) is 5.01 Å². The summed E-state index contributed by atoms with van der Waals surface area (Å²) in [6.45, 7) is 4.47. The fraction of sp³-hybridized carbons (Fsp3) is 0.429. The minimum atomic E-state index is -0.619. The molecule has 0 saturated heterocycles. The lowest BCUT2D eigenvalue weighted by molar-refractivity contribution is -0.149. The highest BCUT2D eigenvalue weighted by molar-refractivity contribution is 9.09. The van der Waals surface area contributed by atoms with E-state index >= 15 is 0 Å². The number of hydrogen-bond donors (Lipinski definition) is 0. The predicted molar refractivity (Wildman–Crippen MR) is 45.6 cm³/mol. The van der Waals surface area contributed by atoms with Crippen LogP contribution in [0.4, 0.5) is 0 Å². The van der Waals surface area contributed by atoms with Crippen molar-refractivity contribution in [3.63, 3.8) is 0 Å². The largest absolute Gasteiger partial charge is 0.461 e. The first kappa shape index (κ1) is 11.2. The third kappa shape index (κ3) is 5.91. The van der Waals surface area contributed by atoms with Crippen LogP contribution in [0.2, 0.25) is 0 Å². The molecular weight excluding hydrogens is 228 g/mol. The average Bonchev–Trinajstić information content (AvgIpc) is 2.00. The van der Waals surface area contributed by atoms with Crippen molar-refractivity contribution in [3.05, 3.63) is 12.7 Å². The van der Waals surface area contributed by atoms with E-state index in [4.69, 9.17) is 0 Å². The molecule has 1 unspecified atom stereocenters. The Hall–Kier alpha value is -0.840. The second-order valence-corrected chi connectivity index (χ2v) is 2.87. The average molecular weight is 237 g/mol. The summed E-state index contributed by atoms with van der Waals surface area (Å²) in [5.41, 5.74) is 0. The zero-order valence-corrected chi connectivity index (χ0v) is 8.17. The van der Waals surface area contributed by atoms with Crippen LogP contribution < -0.4 is 0 Å². The normalized spacial score (nSPS) is 11.5. The number of carbonyl (C=O) groups is 2. The van der Waals surface area contributed by atoms with Gasteiger partial charge in [-0.3, -0.25) is 4.79 Å². The topological polar surface area (TPSA) is 52.6 Å². The van der Waals surface area contributed by atoms with Crippen molar-refractivity contribution in [2.24, 2.45) is 0 Å². The van der Waals surface area contributed by atoms with Gasteiger partial charge in [0.25, 0.3) is 0 Å². The maximum Gasteiger partial charge on any atom is 0.331 e. The number of esters is 2. The molecule has 68 valence electrons. The van der Waals surface area contributed by atoms with Gasteiger partial charge in [-0.2, -0.15) is 0 Å². The van der Waals surface area contributed by atoms with Gasteiger partial charge in [-0.25, -0.2) is 4.79 Å². The van der Waals surface area contributed by atoms with Crippen molar-refractivity contribution in [3.8, 4) is 0 Å². The number of ether oxygens (including phenoxy) is 2. The van der Waals surface area contributed by atoms with Crippen LogP contribution in [0.5, 0.6) is 0 Å². The first-order chi connectivity index (χ1) is 5.56. The van der Waals surface area contributed by atoms with Gasteiger partial charge in [-0.05, 0) is 15.9 Å². The summed E-state index contributed by atoms with van der Waals surface area (Å²) >= 11 is 2.98. The molecule has 0 aromatic rings. The van der Waals surface area contributed by atoms with E-state index in [9.17, 15) is 9.59 Å². The summed E-state index contributed by atoms with van der Waals surface area (Å²) in [7, 11) is 0. The summed E-state index contributed by atoms with van der Waals surface area (Å²) in [5, 5.41) is -0.619. The molecule has 5 heteroatoms. The Morgan fingerprint density at radius 3 is 2.67 bits per heavy atom. The SMILES string of the molecule is C=CC(=O)OC(Br)COC(C)=O. The number of alkyl halides is 1. The van der Waals surface area contributed by atoms with Gasteiger partial charge in [0, 0.05) is 13.0 Å². The summed E-state index contributed by atoms with van der Waals surface area (Å²) in [5.74, 6) is -0.988. The molecule has 0 spiro atoms. The zero-order valence-electron chi connectivity index (χ0n) is 6.58. The quantitative estimate of drug-likeness (QED) is 0.415. The lowest BCUT2D eigenvalue weighted by Crippen LogP contribution is -2.17. The maximum absolute atomic E-state index is 10.6. The highest BCUT2D eigenvalue weighted by Crippen LogP contribution is 2.02. The molecule has 0 saturated carbocycles. The van der Waals surface area contributed by atoms with E-state index in [0.717, 1.165) is 6.08 Å². The Labute approximate surface area is 78.7 Å². The van der Waals surface area contributed by atoms with Crippen LogP contribution in [0.25, 0.3) is 0 Å². The van der Waals surface area contributed by atoms with Crippen molar-refractivity contribution in [2.75, 3.05) is 6.61 Å². The first-order valence-electron chi connectivity index (χ1n) is 3.16. The summed E-state index contributed by atoms with van der Waals surface area (Å²) in [6.07, 6.45) is 1.03. The van der Waals surface area contributed by atoms with Crippen LogP contribution >= 0.6 is 15.9 Å². The van der Waals surface area contributed by atoms with E-state index in [-0.39, 0.29) is 6.61 Å². The van der Waals surface area contributed by atoms with Crippen LogP contribution in [0.15, 0.2) is 12.7 Å². The Morgan fingerprint density at radius 2 is 2.25 bits per heavy atom. The summed E-state index contributed by atoms with van der Waals surface area (Å²) < 4.78 is 9.18. The number of rotatable bonds is 4. The summed E-state index contributed by atoms with van der Waals surface area (Å²) in [6, 6.07) is 0. The van der Waals surface area contributed by atoms with E-state index in [1.54, 1.807) is 0 Å². The van der Waals surface area contributed by atoms with Gasteiger partial charge in [-0.1, -0.05) is 6.58 Å². The molecule has 0 rings (SSSR count). The molecule has 0 fully saturated rings. The Kier molecular flexibility index (Phi) is 5.36. The van der Waals surface area contributed by atoms with Crippen LogP contribution in [0.1, 0.15) is 6.92 Å². The second-order valence-electron chi connectivity index (χ2n) is 1.85. The van der Waals surface area contributed by atoms with Gasteiger partial charge in [0.1, 0.15) is 6.61 Å². The fourth-order valence-electron chi connectivity index (χ4n) is 0.391. The van der Waals surface area contributed by atoms with Crippen LogP contribution in [0, 0.1) is 0 Å². The summed E-state index contributed by atoms with van der Waals surface area (Å²) in [4.78, 5) is 20.9. The molecule has 0 radical (unpaired) electrons. The van der Waals surface area contributed by atoms with E-state index in [1.807, 2.05) is 0 Å². The molecule has 12 heavy (non-hydrogen) atoms. The lowest BCUT2D eigenvalue weighted by Gasteiger charge is -2.08. The van der Waals surface area contributed by atoms with Gasteiger partial charge >= 0.3 is 11.9 Å². The minimum Gasteiger partial charge on any atom is -0.461 e. The van der Waals surface area contributed by atoms with Crippen molar-refractivity contribution < 1.29 is 19.1 Å². The number of hydrogen-bond acceptors (Lipinski definition) is 4. The molecule has 0 aliphatic heterocycles. The van der Waals surface area contributed by atoms with Gasteiger partial charge < -0.3 is 9.47 Å². The third-order valence-corrected chi connectivity index (χ3v) is 1.28. The molecule has 0 heterocycles. The standard InChI is InChI=1S/C7H9BrO4/c1-3-7(10)12-6(8)4-11-5(2)9/h3,6H,1,4H2,2H3. The Bertz CT molecular complexity index is 190. The molecule has 0 aromatic heterocycles. The maximum atomic E-state index is 10.6. The van der Waals surface area contributed by atoms with Crippen molar-refractivity contribution in [1.82, 2.24) is 0 Å². The van der Waals surface area contributed by atoms with E-state index in [2.05, 4.69) is 32.0 Å². The van der Waals surface area contributed by atoms with E-state index in [1.165, 1.54) is 6.92 Å². The van der Waals surface area contributed by atoms with Crippen LogP contribution in [0.3, 0.4) is 0 Å². The van der Waals surface area contributed by atoms with Crippen LogP contribution in [-0.2, 0) is 19.1 Å². The molecular formula is C7H9BrO4. The second kappa shape index (κ2) is 5.77. The Balaban J connectivity index is 3.59. The molecule has 0 bridgehead atoms.